The Kier molecular flexibility index (Phi) is 3.90. The van der Waals surface area contributed by atoms with E-state index in [-0.39, 0.29) is 0 Å². The Morgan fingerprint density at radius 2 is 2.00 bits per heavy atom. The molecule has 1 aliphatic heterocycles. The van der Waals surface area contributed by atoms with Crippen LogP contribution in [0.15, 0.2) is 24.3 Å². The molecule has 7 nitrogen and oxygen atoms in total. The van der Waals surface area contributed by atoms with Crippen molar-refractivity contribution in [2.75, 3.05) is 13.7 Å². The van der Waals surface area contributed by atoms with Gasteiger partial charge in [-0.3, -0.25) is 19.3 Å². The molecule has 1 aromatic carbocycles. The third-order valence-corrected chi connectivity index (χ3v) is 3.21. The standard InChI is InChI=1S/C13H14FN3O4/c1-13(8-3-5-9(14)6-4-8)11(19)17(12(20)15-13)7-10(18)16-21-2/h3-6H,7H2,1-2H3,(H,15,20)(H,16,18). The first-order valence-electron chi connectivity index (χ1n) is 6.10. The van der Waals surface area contributed by atoms with Gasteiger partial charge in [0, 0.05) is 0 Å². The van der Waals surface area contributed by atoms with Crippen molar-refractivity contribution in [3.63, 3.8) is 0 Å². The van der Waals surface area contributed by atoms with E-state index in [0.29, 0.717) is 5.56 Å². The smallest absolute Gasteiger partial charge is 0.319 e. The molecule has 1 fully saturated rings. The highest BCUT2D eigenvalue weighted by molar-refractivity contribution is 6.09. The molecule has 1 heterocycles. The summed E-state index contributed by atoms with van der Waals surface area (Å²) >= 11 is 0. The minimum absolute atomic E-state index is 0.428. The summed E-state index contributed by atoms with van der Waals surface area (Å²) in [4.78, 5) is 40.9. The zero-order valence-corrected chi connectivity index (χ0v) is 11.5. The Morgan fingerprint density at radius 3 is 2.57 bits per heavy atom. The summed E-state index contributed by atoms with van der Waals surface area (Å²) in [5, 5.41) is 2.51. The van der Waals surface area contributed by atoms with E-state index >= 15 is 0 Å². The highest BCUT2D eigenvalue weighted by atomic mass is 19.1. The maximum atomic E-state index is 13.0. The van der Waals surface area contributed by atoms with Gasteiger partial charge in [-0.15, -0.1) is 0 Å². The second kappa shape index (κ2) is 5.49. The third-order valence-electron chi connectivity index (χ3n) is 3.21. The number of carbonyl (C=O) groups excluding carboxylic acids is 3. The summed E-state index contributed by atoms with van der Waals surface area (Å²) in [6.07, 6.45) is 0. The molecule has 0 radical (unpaired) electrons. The van der Waals surface area contributed by atoms with Crippen LogP contribution < -0.4 is 10.8 Å². The molecule has 1 unspecified atom stereocenters. The van der Waals surface area contributed by atoms with Crippen molar-refractivity contribution in [1.82, 2.24) is 15.7 Å². The molecular weight excluding hydrogens is 281 g/mol. The molecule has 0 spiro atoms. The largest absolute Gasteiger partial charge is 0.325 e. The van der Waals surface area contributed by atoms with E-state index in [2.05, 4.69) is 10.2 Å². The van der Waals surface area contributed by atoms with Gasteiger partial charge in [-0.2, -0.15) is 0 Å². The van der Waals surface area contributed by atoms with Crippen LogP contribution in [0.4, 0.5) is 9.18 Å². The Morgan fingerprint density at radius 1 is 1.38 bits per heavy atom. The van der Waals surface area contributed by atoms with Crippen molar-refractivity contribution in [3.8, 4) is 0 Å². The molecule has 21 heavy (non-hydrogen) atoms. The van der Waals surface area contributed by atoms with Gasteiger partial charge >= 0.3 is 6.03 Å². The van der Waals surface area contributed by atoms with Crippen LogP contribution in [0.5, 0.6) is 0 Å². The molecule has 0 bridgehead atoms. The second-order valence-corrected chi connectivity index (χ2v) is 4.68. The minimum atomic E-state index is -1.34. The number of nitrogens with zero attached hydrogens (tertiary/aromatic N) is 1. The van der Waals surface area contributed by atoms with Gasteiger partial charge in [0.2, 0.25) is 0 Å². The fourth-order valence-corrected chi connectivity index (χ4v) is 2.11. The van der Waals surface area contributed by atoms with Crippen molar-refractivity contribution < 1.29 is 23.6 Å². The van der Waals surface area contributed by atoms with E-state index in [0.717, 1.165) is 4.90 Å². The number of halogens is 1. The lowest BCUT2D eigenvalue weighted by atomic mass is 9.92. The lowest BCUT2D eigenvalue weighted by Gasteiger charge is -2.22. The van der Waals surface area contributed by atoms with E-state index in [1.165, 1.54) is 38.3 Å². The number of urea groups is 1. The van der Waals surface area contributed by atoms with Gasteiger partial charge < -0.3 is 5.32 Å². The van der Waals surface area contributed by atoms with E-state index in [9.17, 15) is 18.8 Å². The summed E-state index contributed by atoms with van der Waals surface area (Å²) in [6.45, 7) is 1.03. The van der Waals surface area contributed by atoms with Crippen LogP contribution in [0.1, 0.15) is 12.5 Å². The Balaban J connectivity index is 2.24. The van der Waals surface area contributed by atoms with E-state index < -0.39 is 35.7 Å². The number of hydroxylamine groups is 1. The summed E-state index contributed by atoms with van der Waals surface area (Å²) < 4.78 is 13.0. The van der Waals surface area contributed by atoms with Crippen molar-refractivity contribution in [2.24, 2.45) is 0 Å². The van der Waals surface area contributed by atoms with Crippen LogP contribution in [0.25, 0.3) is 0 Å². The number of rotatable bonds is 4. The fourth-order valence-electron chi connectivity index (χ4n) is 2.11. The number of imide groups is 1. The first-order chi connectivity index (χ1) is 9.88. The first kappa shape index (κ1) is 14.9. The van der Waals surface area contributed by atoms with Gasteiger partial charge in [-0.05, 0) is 24.6 Å². The molecule has 0 aromatic heterocycles. The number of benzene rings is 1. The number of hydrogen-bond acceptors (Lipinski definition) is 4. The van der Waals surface area contributed by atoms with E-state index in [1.54, 1.807) is 0 Å². The minimum Gasteiger partial charge on any atom is -0.319 e. The topological polar surface area (TPSA) is 87.7 Å². The normalized spacial score (nSPS) is 21.4. The van der Waals surface area contributed by atoms with E-state index in [1.807, 2.05) is 5.48 Å². The first-order valence-corrected chi connectivity index (χ1v) is 6.10. The molecule has 0 aliphatic carbocycles. The van der Waals surface area contributed by atoms with Crippen molar-refractivity contribution in [3.05, 3.63) is 35.6 Å². The summed E-state index contributed by atoms with van der Waals surface area (Å²) in [5.41, 5.74) is 1.12. The van der Waals surface area contributed by atoms with Crippen LogP contribution in [0.2, 0.25) is 0 Å². The zero-order chi connectivity index (χ0) is 15.6. The molecular formula is C13H14FN3O4. The van der Waals surface area contributed by atoms with Crippen molar-refractivity contribution in [2.45, 2.75) is 12.5 Å². The molecule has 112 valence electrons. The van der Waals surface area contributed by atoms with Crippen LogP contribution in [0, 0.1) is 5.82 Å². The number of hydrogen-bond donors (Lipinski definition) is 2. The van der Waals surface area contributed by atoms with Crippen LogP contribution >= 0.6 is 0 Å². The highest BCUT2D eigenvalue weighted by Crippen LogP contribution is 2.28. The molecule has 1 aromatic rings. The number of nitrogens with one attached hydrogen (secondary N) is 2. The maximum absolute atomic E-state index is 13.0. The molecule has 2 rings (SSSR count). The predicted octanol–water partition coefficient (Wildman–Crippen LogP) is 0.270. The summed E-state index contributed by atoms with van der Waals surface area (Å²) in [6, 6.07) is 4.51. The van der Waals surface area contributed by atoms with Gasteiger partial charge in [0.1, 0.15) is 17.9 Å². The molecule has 8 heteroatoms. The fraction of sp³-hybridized carbons (Fsp3) is 0.308. The van der Waals surface area contributed by atoms with Gasteiger partial charge in [-0.25, -0.2) is 14.7 Å². The number of carbonyl (C=O) groups is 3. The Labute approximate surface area is 120 Å². The highest BCUT2D eigenvalue weighted by Gasteiger charge is 2.49. The van der Waals surface area contributed by atoms with Crippen LogP contribution in [-0.4, -0.2) is 36.4 Å². The van der Waals surface area contributed by atoms with Crippen molar-refractivity contribution >= 4 is 17.8 Å². The van der Waals surface area contributed by atoms with E-state index in [4.69, 9.17) is 0 Å². The molecule has 1 saturated heterocycles. The average molecular weight is 295 g/mol. The maximum Gasteiger partial charge on any atom is 0.325 e. The third kappa shape index (κ3) is 2.70. The Bertz CT molecular complexity index is 590. The van der Waals surface area contributed by atoms with Gasteiger partial charge in [0.25, 0.3) is 11.8 Å². The average Bonchev–Trinajstić information content (AvgIpc) is 2.64. The zero-order valence-electron chi connectivity index (χ0n) is 11.5. The van der Waals surface area contributed by atoms with Gasteiger partial charge in [0.05, 0.1) is 7.11 Å². The predicted molar refractivity (Wildman–Crippen MR) is 69.1 cm³/mol. The lowest BCUT2D eigenvalue weighted by Crippen LogP contribution is -2.43. The lowest BCUT2D eigenvalue weighted by molar-refractivity contribution is -0.138. The molecule has 2 N–H and O–H groups in total. The quantitative estimate of drug-likeness (QED) is 0.616. The van der Waals surface area contributed by atoms with Crippen LogP contribution in [0.3, 0.4) is 0 Å². The van der Waals surface area contributed by atoms with Crippen LogP contribution in [-0.2, 0) is 20.0 Å². The van der Waals surface area contributed by atoms with Crippen molar-refractivity contribution in [1.29, 1.82) is 0 Å². The monoisotopic (exact) mass is 295 g/mol. The number of amides is 4. The van der Waals surface area contributed by atoms with Gasteiger partial charge in [-0.1, -0.05) is 12.1 Å². The summed E-state index contributed by atoms with van der Waals surface area (Å²) in [7, 11) is 1.24. The second-order valence-electron chi connectivity index (χ2n) is 4.68. The van der Waals surface area contributed by atoms with Gasteiger partial charge in [0.15, 0.2) is 0 Å². The molecule has 0 saturated carbocycles. The molecule has 4 amide bonds. The SMILES string of the molecule is CONC(=O)CN1C(=O)NC(C)(c2ccc(F)cc2)C1=O. The Hall–Kier alpha value is -2.48. The molecule has 1 aliphatic rings. The molecule has 1 atom stereocenters. The summed E-state index contributed by atoms with van der Waals surface area (Å²) in [5.74, 6) is -1.68.